The van der Waals surface area contributed by atoms with E-state index >= 15 is 0 Å². The molecule has 0 saturated carbocycles. The largest absolute Gasteiger partial charge is 0.489 e. The molecule has 0 saturated heterocycles. The second kappa shape index (κ2) is 5.70. The first-order chi connectivity index (χ1) is 8.81. The molecule has 0 atom stereocenters. The summed E-state index contributed by atoms with van der Waals surface area (Å²) in [4.78, 5) is 0. The molecular formula is C16H13NO. The lowest BCUT2D eigenvalue weighted by Gasteiger charge is -2.06. The normalized spacial score (nSPS) is 9.50. The summed E-state index contributed by atoms with van der Waals surface area (Å²) in [5.74, 6) is 0.766. The summed E-state index contributed by atoms with van der Waals surface area (Å²) in [5.41, 5.74) is 2.83. The molecule has 0 unspecified atom stereocenters. The van der Waals surface area contributed by atoms with E-state index in [1.807, 2.05) is 30.3 Å². The fourth-order valence-electron chi connectivity index (χ4n) is 1.54. The van der Waals surface area contributed by atoms with Crippen LogP contribution in [0.5, 0.6) is 5.75 Å². The van der Waals surface area contributed by atoms with Crippen molar-refractivity contribution in [2.45, 2.75) is 6.61 Å². The Kier molecular flexibility index (Phi) is 3.78. The number of nitriles is 1. The van der Waals surface area contributed by atoms with Crippen LogP contribution in [-0.4, -0.2) is 0 Å². The molecule has 2 nitrogen and oxygen atoms in total. The van der Waals surface area contributed by atoms with E-state index in [1.165, 1.54) is 0 Å². The van der Waals surface area contributed by atoms with Crippen LogP contribution in [0.2, 0.25) is 0 Å². The van der Waals surface area contributed by atoms with Crippen molar-refractivity contribution in [3.05, 3.63) is 71.8 Å². The summed E-state index contributed by atoms with van der Waals surface area (Å²) in [6.07, 6.45) is 1.81. The molecular weight excluding hydrogens is 222 g/mol. The number of nitrogens with zero attached hydrogens (tertiary/aromatic N) is 1. The minimum Gasteiger partial charge on any atom is -0.489 e. The lowest BCUT2D eigenvalue weighted by atomic mass is 10.1. The summed E-state index contributed by atoms with van der Waals surface area (Å²) >= 11 is 0. The van der Waals surface area contributed by atoms with Gasteiger partial charge >= 0.3 is 0 Å². The summed E-state index contributed by atoms with van der Waals surface area (Å²) in [5, 5.41) is 8.69. The van der Waals surface area contributed by atoms with E-state index in [0.717, 1.165) is 16.9 Å². The van der Waals surface area contributed by atoms with Gasteiger partial charge in [0.2, 0.25) is 0 Å². The molecule has 0 aliphatic rings. The fourth-order valence-corrected chi connectivity index (χ4v) is 1.54. The third-order valence-corrected chi connectivity index (χ3v) is 2.60. The summed E-state index contributed by atoms with van der Waals surface area (Å²) in [7, 11) is 0. The summed E-state index contributed by atoms with van der Waals surface area (Å²) in [6.45, 7) is 4.23. The maximum absolute atomic E-state index is 8.69. The molecule has 88 valence electrons. The first-order valence-corrected chi connectivity index (χ1v) is 5.66. The van der Waals surface area contributed by atoms with Gasteiger partial charge in [0.15, 0.2) is 0 Å². The van der Waals surface area contributed by atoms with Gasteiger partial charge in [-0.1, -0.05) is 36.9 Å². The van der Waals surface area contributed by atoms with E-state index in [4.69, 9.17) is 10.00 Å². The second-order valence-corrected chi connectivity index (χ2v) is 3.87. The van der Waals surface area contributed by atoms with Crippen molar-refractivity contribution in [2.24, 2.45) is 0 Å². The smallest absolute Gasteiger partial charge is 0.119 e. The van der Waals surface area contributed by atoms with Gasteiger partial charge in [-0.15, -0.1) is 0 Å². The maximum atomic E-state index is 8.69. The van der Waals surface area contributed by atoms with Crippen LogP contribution in [0, 0.1) is 11.3 Å². The molecule has 2 aromatic rings. The van der Waals surface area contributed by atoms with Crippen LogP contribution in [0.15, 0.2) is 55.1 Å². The predicted octanol–water partition coefficient (Wildman–Crippen LogP) is 3.78. The Hall–Kier alpha value is -2.53. The standard InChI is InChI=1S/C16H13NO/c1-2-13-3-5-15(6-4-13)12-18-16-9-7-14(11-17)8-10-16/h2-10H,1,12H2. The number of rotatable bonds is 4. The molecule has 0 amide bonds. The van der Waals surface area contributed by atoms with Gasteiger partial charge in [0, 0.05) is 0 Å². The van der Waals surface area contributed by atoms with Crippen LogP contribution < -0.4 is 4.74 Å². The summed E-state index contributed by atoms with van der Waals surface area (Å²) in [6, 6.07) is 17.2. The molecule has 0 N–H and O–H groups in total. The van der Waals surface area contributed by atoms with Crippen molar-refractivity contribution >= 4 is 6.08 Å². The minimum absolute atomic E-state index is 0.517. The lowest BCUT2D eigenvalue weighted by molar-refractivity contribution is 0.306. The zero-order valence-corrected chi connectivity index (χ0v) is 9.97. The van der Waals surface area contributed by atoms with Gasteiger partial charge in [0.05, 0.1) is 11.6 Å². The monoisotopic (exact) mass is 235 g/mol. The molecule has 18 heavy (non-hydrogen) atoms. The molecule has 0 fully saturated rings. The topological polar surface area (TPSA) is 33.0 Å². The molecule has 2 heteroatoms. The van der Waals surface area contributed by atoms with Crippen molar-refractivity contribution in [3.8, 4) is 11.8 Å². The number of benzene rings is 2. The fraction of sp³-hybridized carbons (Fsp3) is 0.0625. The van der Waals surface area contributed by atoms with Crippen molar-refractivity contribution in [1.29, 1.82) is 5.26 Å². The van der Waals surface area contributed by atoms with Gasteiger partial charge in [-0.05, 0) is 35.4 Å². The Morgan fingerprint density at radius 1 is 1.06 bits per heavy atom. The van der Waals surface area contributed by atoms with Crippen LogP contribution in [0.4, 0.5) is 0 Å². The van der Waals surface area contributed by atoms with E-state index < -0.39 is 0 Å². The Balaban J connectivity index is 1.97. The first kappa shape index (κ1) is 11.9. The van der Waals surface area contributed by atoms with Gasteiger partial charge in [-0.2, -0.15) is 5.26 Å². The molecule has 0 spiro atoms. The molecule has 0 aliphatic heterocycles. The van der Waals surface area contributed by atoms with E-state index in [2.05, 4.69) is 12.6 Å². The Morgan fingerprint density at radius 3 is 2.28 bits per heavy atom. The third-order valence-electron chi connectivity index (χ3n) is 2.60. The highest BCUT2D eigenvalue weighted by molar-refractivity contribution is 5.47. The maximum Gasteiger partial charge on any atom is 0.119 e. The third kappa shape index (κ3) is 2.99. The Bertz CT molecular complexity index is 562. The number of hydrogen-bond acceptors (Lipinski definition) is 2. The Labute approximate surface area is 107 Å². The Morgan fingerprint density at radius 2 is 1.72 bits per heavy atom. The van der Waals surface area contributed by atoms with E-state index in [9.17, 15) is 0 Å². The average molecular weight is 235 g/mol. The van der Waals surface area contributed by atoms with Crippen LogP contribution >= 0.6 is 0 Å². The lowest BCUT2D eigenvalue weighted by Crippen LogP contribution is -1.95. The van der Waals surface area contributed by atoms with Crippen molar-refractivity contribution in [2.75, 3.05) is 0 Å². The van der Waals surface area contributed by atoms with Gasteiger partial charge in [0.1, 0.15) is 12.4 Å². The minimum atomic E-state index is 0.517. The van der Waals surface area contributed by atoms with E-state index in [0.29, 0.717) is 12.2 Å². The molecule has 0 radical (unpaired) electrons. The first-order valence-electron chi connectivity index (χ1n) is 5.66. The van der Waals surface area contributed by atoms with Gasteiger partial charge in [-0.3, -0.25) is 0 Å². The quantitative estimate of drug-likeness (QED) is 0.807. The highest BCUT2D eigenvalue weighted by Gasteiger charge is 1.96. The second-order valence-electron chi connectivity index (χ2n) is 3.87. The predicted molar refractivity (Wildman–Crippen MR) is 72.0 cm³/mol. The van der Waals surface area contributed by atoms with Crippen molar-refractivity contribution < 1.29 is 4.74 Å². The van der Waals surface area contributed by atoms with Crippen LogP contribution in [0.1, 0.15) is 16.7 Å². The van der Waals surface area contributed by atoms with Crippen LogP contribution in [0.3, 0.4) is 0 Å². The molecule has 0 aliphatic carbocycles. The van der Waals surface area contributed by atoms with E-state index in [1.54, 1.807) is 24.3 Å². The van der Waals surface area contributed by atoms with Crippen molar-refractivity contribution in [1.82, 2.24) is 0 Å². The SMILES string of the molecule is C=Cc1ccc(COc2ccc(C#N)cc2)cc1. The zero-order valence-electron chi connectivity index (χ0n) is 9.97. The molecule has 2 rings (SSSR count). The highest BCUT2D eigenvalue weighted by Crippen LogP contribution is 2.14. The molecule has 0 aromatic heterocycles. The molecule has 2 aromatic carbocycles. The van der Waals surface area contributed by atoms with Crippen molar-refractivity contribution in [3.63, 3.8) is 0 Å². The highest BCUT2D eigenvalue weighted by atomic mass is 16.5. The number of ether oxygens (including phenoxy) is 1. The summed E-state index contributed by atoms with van der Waals surface area (Å²) < 4.78 is 5.63. The zero-order chi connectivity index (χ0) is 12.8. The van der Waals surface area contributed by atoms with Crippen LogP contribution in [-0.2, 0) is 6.61 Å². The van der Waals surface area contributed by atoms with E-state index in [-0.39, 0.29) is 0 Å². The van der Waals surface area contributed by atoms with Crippen LogP contribution in [0.25, 0.3) is 6.08 Å². The average Bonchev–Trinajstić information content (AvgIpc) is 2.46. The number of hydrogen-bond donors (Lipinski definition) is 0. The van der Waals surface area contributed by atoms with Gasteiger partial charge in [0.25, 0.3) is 0 Å². The molecule has 0 heterocycles. The van der Waals surface area contributed by atoms with Gasteiger partial charge in [-0.25, -0.2) is 0 Å². The van der Waals surface area contributed by atoms with Gasteiger partial charge < -0.3 is 4.74 Å². The molecule has 0 bridgehead atoms.